The molecular formula is C28H38N2O2. The van der Waals surface area contributed by atoms with E-state index in [1.54, 1.807) is 13.2 Å². The lowest BCUT2D eigenvalue weighted by atomic mass is 9.99. The highest BCUT2D eigenvalue weighted by Crippen LogP contribution is 2.23. The summed E-state index contributed by atoms with van der Waals surface area (Å²) < 4.78 is 5.27. The number of nitrogens with one attached hydrogen (secondary N) is 1. The van der Waals surface area contributed by atoms with E-state index in [1.165, 1.54) is 29.5 Å². The van der Waals surface area contributed by atoms with Gasteiger partial charge < -0.3 is 10.1 Å². The number of ether oxygens (including phenoxy) is 1. The van der Waals surface area contributed by atoms with E-state index in [2.05, 4.69) is 48.4 Å². The lowest BCUT2D eigenvalue weighted by molar-refractivity contribution is -0.117. The van der Waals surface area contributed by atoms with Gasteiger partial charge in [-0.1, -0.05) is 50.1 Å². The van der Waals surface area contributed by atoms with Gasteiger partial charge in [-0.05, 0) is 80.9 Å². The minimum absolute atomic E-state index is 0.0473. The number of hydrogen-bond acceptors (Lipinski definition) is 3. The van der Waals surface area contributed by atoms with Crippen LogP contribution in [-0.4, -0.2) is 24.0 Å². The molecule has 1 aromatic heterocycles. The number of aryl methyl sites for hydroxylation is 2. The largest absolute Gasteiger partial charge is 0.497 e. The number of rotatable bonds is 13. The number of benzene rings is 1. The summed E-state index contributed by atoms with van der Waals surface area (Å²) in [5.41, 5.74) is 4.78. The predicted molar refractivity (Wildman–Crippen MR) is 134 cm³/mol. The van der Waals surface area contributed by atoms with E-state index < -0.39 is 0 Å². The standard InChI is InChI=1S/C28H38N2O2/c1-5-6-7-12-25(26-17-19-27(32-4)20-18-26)14-9-16-28(31)30-22(2)11-8-13-24-15-10-21-29-23(24)3/h9-10,14-22H,5-8,11-13H2,1-4H3,(H,30,31)/b16-9+,25-14+/t22-/m0/s1. The zero-order chi connectivity index (χ0) is 23.2. The summed E-state index contributed by atoms with van der Waals surface area (Å²) in [6.45, 7) is 6.31. The van der Waals surface area contributed by atoms with Crippen molar-refractivity contribution in [3.05, 3.63) is 77.6 Å². The molecular weight excluding hydrogens is 396 g/mol. The van der Waals surface area contributed by atoms with E-state index in [0.717, 1.165) is 43.5 Å². The van der Waals surface area contributed by atoms with Crippen molar-refractivity contribution in [3.63, 3.8) is 0 Å². The highest BCUT2D eigenvalue weighted by Gasteiger charge is 2.06. The number of carbonyl (C=O) groups excluding carboxylic acids is 1. The van der Waals surface area contributed by atoms with Crippen molar-refractivity contribution < 1.29 is 9.53 Å². The topological polar surface area (TPSA) is 51.2 Å². The molecule has 4 nitrogen and oxygen atoms in total. The molecule has 1 atom stereocenters. The van der Waals surface area contributed by atoms with Crippen LogP contribution >= 0.6 is 0 Å². The SMILES string of the molecule is CCCCC/C(=C\C=C\C(=O)N[C@@H](C)CCCc1cccnc1C)c1ccc(OC)cc1. The second-order valence-corrected chi connectivity index (χ2v) is 8.29. The van der Waals surface area contributed by atoms with Crippen molar-refractivity contribution in [2.45, 2.75) is 71.8 Å². The van der Waals surface area contributed by atoms with Crippen LogP contribution in [0.15, 0.2) is 60.8 Å². The van der Waals surface area contributed by atoms with E-state index in [9.17, 15) is 4.79 Å². The van der Waals surface area contributed by atoms with Crippen LogP contribution < -0.4 is 10.1 Å². The van der Waals surface area contributed by atoms with Crippen LogP contribution in [0.2, 0.25) is 0 Å². The van der Waals surface area contributed by atoms with Gasteiger partial charge >= 0.3 is 0 Å². The molecule has 1 heterocycles. The van der Waals surface area contributed by atoms with Crippen LogP contribution in [0.4, 0.5) is 0 Å². The molecule has 32 heavy (non-hydrogen) atoms. The molecule has 0 aliphatic heterocycles. The van der Waals surface area contributed by atoms with Gasteiger partial charge in [0.1, 0.15) is 5.75 Å². The first-order valence-electron chi connectivity index (χ1n) is 11.8. The van der Waals surface area contributed by atoms with Gasteiger partial charge in [-0.2, -0.15) is 0 Å². The minimum atomic E-state index is -0.0473. The fourth-order valence-electron chi connectivity index (χ4n) is 3.69. The van der Waals surface area contributed by atoms with Gasteiger partial charge in [-0.3, -0.25) is 9.78 Å². The lowest BCUT2D eigenvalue weighted by Crippen LogP contribution is -2.31. The molecule has 172 valence electrons. The molecule has 0 radical (unpaired) electrons. The number of carbonyl (C=O) groups is 1. The van der Waals surface area contributed by atoms with Crippen LogP contribution in [0.5, 0.6) is 5.75 Å². The molecule has 0 fully saturated rings. The predicted octanol–water partition coefficient (Wildman–Crippen LogP) is 6.45. The minimum Gasteiger partial charge on any atom is -0.497 e. The van der Waals surface area contributed by atoms with Crippen molar-refractivity contribution in [2.75, 3.05) is 7.11 Å². The number of hydrogen-bond donors (Lipinski definition) is 1. The maximum absolute atomic E-state index is 12.3. The van der Waals surface area contributed by atoms with E-state index >= 15 is 0 Å². The van der Waals surface area contributed by atoms with Gasteiger partial charge in [0.25, 0.3) is 0 Å². The Bertz CT molecular complexity index is 885. The average Bonchev–Trinajstić information content (AvgIpc) is 2.79. The van der Waals surface area contributed by atoms with Gasteiger partial charge in [0, 0.05) is 24.0 Å². The Morgan fingerprint density at radius 3 is 2.62 bits per heavy atom. The Labute approximate surface area is 193 Å². The van der Waals surface area contributed by atoms with E-state index in [-0.39, 0.29) is 11.9 Å². The summed E-state index contributed by atoms with van der Waals surface area (Å²) in [6.07, 6.45) is 14.9. The van der Waals surface area contributed by atoms with Crippen molar-refractivity contribution >= 4 is 11.5 Å². The van der Waals surface area contributed by atoms with Crippen LogP contribution in [0.25, 0.3) is 5.57 Å². The Balaban J connectivity index is 1.87. The van der Waals surface area contributed by atoms with Gasteiger partial charge in [0.05, 0.1) is 7.11 Å². The third-order valence-electron chi connectivity index (χ3n) is 5.64. The fraction of sp³-hybridized carbons (Fsp3) is 0.429. The molecule has 1 aromatic carbocycles. The van der Waals surface area contributed by atoms with Gasteiger partial charge in [0.2, 0.25) is 5.91 Å². The van der Waals surface area contributed by atoms with Crippen LogP contribution in [-0.2, 0) is 11.2 Å². The summed E-state index contributed by atoms with van der Waals surface area (Å²) in [6, 6.07) is 12.4. The van der Waals surface area contributed by atoms with Crippen molar-refractivity contribution in [1.29, 1.82) is 0 Å². The Morgan fingerprint density at radius 2 is 1.94 bits per heavy atom. The van der Waals surface area contributed by atoms with Gasteiger partial charge in [0.15, 0.2) is 0 Å². The second kappa shape index (κ2) is 14.2. The van der Waals surface area contributed by atoms with Gasteiger partial charge in [-0.15, -0.1) is 0 Å². The molecule has 0 aliphatic carbocycles. The van der Waals surface area contributed by atoms with Crippen LogP contribution in [0.1, 0.15) is 69.2 Å². The molecule has 2 rings (SSSR count). The smallest absolute Gasteiger partial charge is 0.244 e. The van der Waals surface area contributed by atoms with E-state index in [4.69, 9.17) is 4.74 Å². The number of amides is 1. The van der Waals surface area contributed by atoms with Crippen molar-refractivity contribution in [1.82, 2.24) is 10.3 Å². The summed E-state index contributed by atoms with van der Waals surface area (Å²) in [5.74, 6) is 0.804. The summed E-state index contributed by atoms with van der Waals surface area (Å²) >= 11 is 0. The molecule has 0 aliphatic rings. The highest BCUT2D eigenvalue weighted by atomic mass is 16.5. The average molecular weight is 435 g/mol. The molecule has 1 amide bonds. The Hall–Kier alpha value is -2.88. The molecule has 0 saturated carbocycles. The normalized spacial score (nSPS) is 12.7. The number of allylic oxidation sites excluding steroid dienone is 3. The van der Waals surface area contributed by atoms with Crippen molar-refractivity contribution in [3.8, 4) is 5.75 Å². The second-order valence-electron chi connectivity index (χ2n) is 8.29. The third kappa shape index (κ3) is 9.09. The molecule has 0 bridgehead atoms. The zero-order valence-electron chi connectivity index (χ0n) is 20.1. The summed E-state index contributed by atoms with van der Waals surface area (Å²) in [4.78, 5) is 16.7. The number of nitrogens with zero attached hydrogens (tertiary/aromatic N) is 1. The molecule has 2 aromatic rings. The Morgan fingerprint density at radius 1 is 1.16 bits per heavy atom. The zero-order valence-corrected chi connectivity index (χ0v) is 20.1. The molecule has 0 saturated heterocycles. The van der Waals surface area contributed by atoms with E-state index in [1.807, 2.05) is 37.4 Å². The van der Waals surface area contributed by atoms with Crippen LogP contribution in [0, 0.1) is 6.92 Å². The first-order chi connectivity index (χ1) is 15.5. The molecule has 4 heteroatoms. The maximum atomic E-state index is 12.3. The first-order valence-corrected chi connectivity index (χ1v) is 11.8. The van der Waals surface area contributed by atoms with Crippen LogP contribution in [0.3, 0.4) is 0 Å². The fourth-order valence-corrected chi connectivity index (χ4v) is 3.69. The Kier molecular flexibility index (Phi) is 11.3. The quantitative estimate of drug-likeness (QED) is 0.224. The van der Waals surface area contributed by atoms with E-state index in [0.29, 0.717) is 0 Å². The first kappa shape index (κ1) is 25.4. The maximum Gasteiger partial charge on any atom is 0.244 e. The summed E-state index contributed by atoms with van der Waals surface area (Å²) in [5, 5.41) is 3.07. The van der Waals surface area contributed by atoms with Gasteiger partial charge in [-0.25, -0.2) is 0 Å². The molecule has 0 spiro atoms. The highest BCUT2D eigenvalue weighted by molar-refractivity contribution is 5.88. The third-order valence-corrected chi connectivity index (χ3v) is 5.64. The molecule has 1 N–H and O–H groups in total. The summed E-state index contributed by atoms with van der Waals surface area (Å²) in [7, 11) is 1.68. The lowest BCUT2D eigenvalue weighted by Gasteiger charge is -2.12. The van der Waals surface area contributed by atoms with Crippen molar-refractivity contribution in [2.24, 2.45) is 0 Å². The number of methoxy groups -OCH3 is 1. The monoisotopic (exact) mass is 434 g/mol. The number of unbranched alkanes of at least 4 members (excludes halogenated alkanes) is 2. The molecule has 0 unspecified atom stereocenters. The number of pyridine rings is 1. The number of aromatic nitrogens is 1.